The number of halogens is 1. The van der Waals surface area contributed by atoms with Crippen molar-refractivity contribution in [3.63, 3.8) is 0 Å². The summed E-state index contributed by atoms with van der Waals surface area (Å²) in [6.45, 7) is 1.31. The van der Waals surface area contributed by atoms with Crippen molar-refractivity contribution < 1.29 is 18.7 Å². The van der Waals surface area contributed by atoms with Crippen LogP contribution in [0.2, 0.25) is 0 Å². The zero-order chi connectivity index (χ0) is 22.3. The molecule has 0 aliphatic heterocycles. The van der Waals surface area contributed by atoms with Crippen LogP contribution in [0, 0.1) is 5.82 Å². The van der Waals surface area contributed by atoms with E-state index in [1.165, 1.54) is 6.07 Å². The maximum absolute atomic E-state index is 14.3. The van der Waals surface area contributed by atoms with Gasteiger partial charge in [0.05, 0.1) is 13.2 Å². The first kappa shape index (κ1) is 21.5. The lowest BCUT2D eigenvalue weighted by atomic mass is 10.2. The van der Waals surface area contributed by atoms with Crippen molar-refractivity contribution in [2.45, 2.75) is 13.1 Å². The zero-order valence-electron chi connectivity index (χ0n) is 17.8. The van der Waals surface area contributed by atoms with Crippen LogP contribution in [-0.2, 0) is 17.8 Å². The summed E-state index contributed by atoms with van der Waals surface area (Å²) in [5.41, 5.74) is 2.60. The number of hydrogen-bond donors (Lipinski definition) is 1. The Bertz CT molecular complexity index is 1220. The number of ether oxygens (including phenoxy) is 2. The Morgan fingerprint density at radius 3 is 2.66 bits per heavy atom. The van der Waals surface area contributed by atoms with Crippen LogP contribution in [-0.4, -0.2) is 35.8 Å². The van der Waals surface area contributed by atoms with Gasteiger partial charge >= 0.3 is 0 Å². The Kier molecular flexibility index (Phi) is 6.77. The number of pyridine rings is 1. The normalized spacial score (nSPS) is 10.9. The number of benzene rings is 2. The largest absolute Gasteiger partial charge is 0.475 e. The predicted molar refractivity (Wildman–Crippen MR) is 120 cm³/mol. The summed E-state index contributed by atoms with van der Waals surface area (Å²) in [5, 5.41) is 3.86. The van der Waals surface area contributed by atoms with Gasteiger partial charge in [-0.2, -0.15) is 0 Å². The lowest BCUT2D eigenvalue weighted by molar-refractivity contribution is 0.0941. The topological polar surface area (TPSA) is 65.4 Å². The molecule has 2 aromatic heterocycles. The van der Waals surface area contributed by atoms with Crippen molar-refractivity contribution >= 4 is 16.8 Å². The Labute approximate surface area is 185 Å². The average molecular weight is 433 g/mol. The zero-order valence-corrected chi connectivity index (χ0v) is 17.8. The number of carbonyl (C=O) groups is 1. The molecule has 0 radical (unpaired) electrons. The van der Waals surface area contributed by atoms with Crippen LogP contribution in [0.5, 0.6) is 5.88 Å². The van der Waals surface area contributed by atoms with Gasteiger partial charge in [-0.25, -0.2) is 9.37 Å². The minimum Gasteiger partial charge on any atom is -0.475 e. The number of amides is 1. The second-order valence-electron chi connectivity index (χ2n) is 7.26. The lowest BCUT2D eigenvalue weighted by Gasteiger charge is -2.13. The van der Waals surface area contributed by atoms with Crippen molar-refractivity contribution in [3.8, 4) is 5.88 Å². The molecule has 0 saturated heterocycles. The van der Waals surface area contributed by atoms with Gasteiger partial charge < -0.3 is 19.4 Å². The van der Waals surface area contributed by atoms with Crippen molar-refractivity contribution in [1.82, 2.24) is 14.9 Å². The van der Waals surface area contributed by atoms with Crippen LogP contribution in [0.15, 0.2) is 72.9 Å². The molecule has 0 aliphatic rings. The van der Waals surface area contributed by atoms with Gasteiger partial charge in [0.15, 0.2) is 0 Å². The smallest absolute Gasteiger partial charge is 0.268 e. The van der Waals surface area contributed by atoms with E-state index in [2.05, 4.69) is 10.3 Å². The van der Waals surface area contributed by atoms with Crippen LogP contribution < -0.4 is 10.1 Å². The van der Waals surface area contributed by atoms with E-state index in [9.17, 15) is 9.18 Å². The Morgan fingerprint density at radius 2 is 1.81 bits per heavy atom. The number of para-hydroxylation sites is 1. The van der Waals surface area contributed by atoms with E-state index in [0.717, 1.165) is 16.5 Å². The standard InChI is InChI=1S/C25H24FN3O3/c1-31-13-14-32-25-19(9-6-12-27-25)16-28-24(30)23-15-18-7-3-5-11-22(18)29(23)17-20-8-2-4-10-21(20)26/h2-12,15H,13-14,16-17H2,1H3,(H,28,30). The molecule has 0 aliphatic carbocycles. The number of hydrogen-bond acceptors (Lipinski definition) is 4. The Balaban J connectivity index is 1.57. The molecule has 4 aromatic rings. The van der Waals surface area contributed by atoms with Crippen LogP contribution in [0.3, 0.4) is 0 Å². The fourth-order valence-corrected chi connectivity index (χ4v) is 3.54. The van der Waals surface area contributed by atoms with Gasteiger partial charge in [-0.05, 0) is 24.3 Å². The molecule has 0 atom stereocenters. The molecule has 1 amide bonds. The molecule has 7 heteroatoms. The SMILES string of the molecule is COCCOc1ncccc1CNC(=O)c1cc2ccccc2n1Cc1ccccc1F. The molecule has 0 spiro atoms. The van der Waals surface area contributed by atoms with Crippen molar-refractivity contribution in [1.29, 1.82) is 0 Å². The van der Waals surface area contributed by atoms with Gasteiger partial charge in [-0.3, -0.25) is 4.79 Å². The number of rotatable bonds is 9. The second kappa shape index (κ2) is 10.1. The van der Waals surface area contributed by atoms with Crippen molar-refractivity contribution in [2.75, 3.05) is 20.3 Å². The van der Waals surface area contributed by atoms with E-state index in [4.69, 9.17) is 9.47 Å². The first-order chi connectivity index (χ1) is 15.7. The van der Waals surface area contributed by atoms with E-state index in [1.807, 2.05) is 41.0 Å². The molecule has 0 fully saturated rings. The summed E-state index contributed by atoms with van der Waals surface area (Å²) in [6, 6.07) is 19.7. The van der Waals surface area contributed by atoms with Gasteiger partial charge in [0.2, 0.25) is 5.88 Å². The highest BCUT2D eigenvalue weighted by atomic mass is 19.1. The minimum absolute atomic E-state index is 0.246. The van der Waals surface area contributed by atoms with Crippen LogP contribution in [0.25, 0.3) is 10.9 Å². The molecule has 2 heterocycles. The molecule has 2 aromatic carbocycles. The molecule has 0 unspecified atom stereocenters. The van der Waals surface area contributed by atoms with E-state index in [0.29, 0.717) is 30.4 Å². The molecule has 1 N–H and O–H groups in total. The Morgan fingerprint density at radius 1 is 1.03 bits per heavy atom. The highest BCUT2D eigenvalue weighted by molar-refractivity contribution is 5.98. The number of methoxy groups -OCH3 is 1. The van der Waals surface area contributed by atoms with Crippen LogP contribution in [0.1, 0.15) is 21.6 Å². The number of aromatic nitrogens is 2. The third-order valence-corrected chi connectivity index (χ3v) is 5.15. The summed E-state index contributed by atoms with van der Waals surface area (Å²) in [7, 11) is 1.60. The van der Waals surface area contributed by atoms with Crippen LogP contribution >= 0.6 is 0 Å². The van der Waals surface area contributed by atoms with E-state index in [-0.39, 0.29) is 24.8 Å². The first-order valence-electron chi connectivity index (χ1n) is 10.3. The van der Waals surface area contributed by atoms with Crippen LogP contribution in [0.4, 0.5) is 4.39 Å². The predicted octanol–water partition coefficient (Wildman–Crippen LogP) is 4.18. The number of carbonyl (C=O) groups excluding carboxylic acids is 1. The van der Waals surface area contributed by atoms with Gasteiger partial charge in [-0.1, -0.05) is 42.5 Å². The van der Waals surface area contributed by atoms with Crippen molar-refractivity contribution in [3.05, 3.63) is 95.6 Å². The molecular weight excluding hydrogens is 409 g/mol. The summed E-state index contributed by atoms with van der Waals surface area (Å²) in [4.78, 5) is 17.4. The average Bonchev–Trinajstić information content (AvgIpc) is 3.18. The summed E-state index contributed by atoms with van der Waals surface area (Å²) < 4.78 is 26.8. The monoisotopic (exact) mass is 433 g/mol. The fourth-order valence-electron chi connectivity index (χ4n) is 3.54. The molecule has 164 valence electrons. The number of nitrogens with zero attached hydrogens (tertiary/aromatic N) is 2. The lowest BCUT2D eigenvalue weighted by Crippen LogP contribution is -2.26. The quantitative estimate of drug-likeness (QED) is 0.402. The third-order valence-electron chi connectivity index (χ3n) is 5.15. The summed E-state index contributed by atoms with van der Waals surface area (Å²) in [6.07, 6.45) is 1.64. The van der Waals surface area contributed by atoms with Gasteiger partial charge in [0.1, 0.15) is 18.1 Å². The highest BCUT2D eigenvalue weighted by Crippen LogP contribution is 2.23. The highest BCUT2D eigenvalue weighted by Gasteiger charge is 2.17. The van der Waals surface area contributed by atoms with Gasteiger partial charge in [0.25, 0.3) is 5.91 Å². The maximum atomic E-state index is 14.3. The molecule has 6 nitrogen and oxygen atoms in total. The number of nitrogens with one attached hydrogen (secondary N) is 1. The molecule has 4 rings (SSSR count). The third kappa shape index (κ3) is 4.78. The Hall–Kier alpha value is -3.71. The minimum atomic E-state index is -0.301. The first-order valence-corrected chi connectivity index (χ1v) is 10.3. The van der Waals surface area contributed by atoms with Gasteiger partial charge in [0, 0.05) is 41.9 Å². The summed E-state index contributed by atoms with van der Waals surface area (Å²) >= 11 is 0. The van der Waals surface area contributed by atoms with Crippen molar-refractivity contribution in [2.24, 2.45) is 0 Å². The molecular formula is C25H24FN3O3. The van der Waals surface area contributed by atoms with E-state index >= 15 is 0 Å². The van der Waals surface area contributed by atoms with E-state index in [1.54, 1.807) is 37.6 Å². The summed E-state index contributed by atoms with van der Waals surface area (Å²) in [5.74, 6) is -0.106. The maximum Gasteiger partial charge on any atom is 0.268 e. The molecule has 32 heavy (non-hydrogen) atoms. The fraction of sp³-hybridized carbons (Fsp3) is 0.200. The number of fused-ring (bicyclic) bond motifs is 1. The molecule has 0 bridgehead atoms. The second-order valence-corrected chi connectivity index (χ2v) is 7.26. The van der Waals surface area contributed by atoms with E-state index < -0.39 is 0 Å². The molecule has 0 saturated carbocycles. The van der Waals surface area contributed by atoms with Gasteiger partial charge in [-0.15, -0.1) is 0 Å².